The monoisotopic (exact) mass is 294 g/mol. The normalized spacial score (nSPS) is 12.0. The van der Waals surface area contributed by atoms with Crippen LogP contribution in [0.15, 0.2) is 22.7 Å². The first kappa shape index (κ1) is 13.7. The van der Waals surface area contributed by atoms with Crippen LogP contribution in [0.1, 0.15) is 19.4 Å². The van der Waals surface area contributed by atoms with E-state index in [9.17, 15) is 4.79 Å². The van der Waals surface area contributed by atoms with Crippen molar-refractivity contribution in [3.63, 3.8) is 0 Å². The van der Waals surface area contributed by atoms with Crippen LogP contribution in [0.3, 0.4) is 0 Å². The molecule has 3 nitrogen and oxygen atoms in total. The molecular weight excluding hydrogens is 280 g/mol. The fraction of sp³-hybridized carbons (Fsp3) is 0.385. The number of anilines is 1. The Bertz CT molecular complexity index is 463. The maximum Gasteiger partial charge on any atom is 0.242 e. The molecule has 0 aromatic heterocycles. The van der Waals surface area contributed by atoms with E-state index >= 15 is 0 Å². The van der Waals surface area contributed by atoms with Crippen molar-refractivity contribution >= 4 is 27.5 Å². The lowest BCUT2D eigenvalue weighted by molar-refractivity contribution is -0.119. The standard InChI is InChI=1S/C13H15BrN2O/c1-8(2)10(7-15)13(17)16-12-6-9(3)4-5-11(12)14/h4-6,8,10H,1-3H3,(H,16,17). The summed E-state index contributed by atoms with van der Waals surface area (Å²) in [7, 11) is 0. The second kappa shape index (κ2) is 5.83. The fourth-order valence-electron chi connectivity index (χ4n) is 1.46. The summed E-state index contributed by atoms with van der Waals surface area (Å²) in [6, 6.07) is 7.73. The molecule has 0 heterocycles. The van der Waals surface area contributed by atoms with E-state index in [4.69, 9.17) is 5.26 Å². The van der Waals surface area contributed by atoms with Crippen LogP contribution in [0.5, 0.6) is 0 Å². The zero-order valence-electron chi connectivity index (χ0n) is 10.1. The van der Waals surface area contributed by atoms with E-state index in [1.807, 2.05) is 45.0 Å². The zero-order valence-corrected chi connectivity index (χ0v) is 11.7. The number of nitrogens with one attached hydrogen (secondary N) is 1. The molecule has 1 unspecified atom stereocenters. The quantitative estimate of drug-likeness (QED) is 0.928. The van der Waals surface area contributed by atoms with Crippen LogP contribution < -0.4 is 5.32 Å². The highest BCUT2D eigenvalue weighted by Gasteiger charge is 2.22. The van der Waals surface area contributed by atoms with Gasteiger partial charge in [-0.1, -0.05) is 19.9 Å². The van der Waals surface area contributed by atoms with E-state index in [0.29, 0.717) is 5.69 Å². The van der Waals surface area contributed by atoms with E-state index in [0.717, 1.165) is 10.0 Å². The largest absolute Gasteiger partial charge is 0.324 e. The Morgan fingerprint density at radius 2 is 2.12 bits per heavy atom. The average Bonchev–Trinajstić information content (AvgIpc) is 2.24. The molecule has 0 aliphatic rings. The van der Waals surface area contributed by atoms with Gasteiger partial charge in [0.1, 0.15) is 5.92 Å². The summed E-state index contributed by atoms with van der Waals surface area (Å²) in [4.78, 5) is 11.9. The molecule has 0 fully saturated rings. The smallest absolute Gasteiger partial charge is 0.242 e. The van der Waals surface area contributed by atoms with Crippen LogP contribution in [0.2, 0.25) is 0 Å². The number of rotatable bonds is 3. The molecule has 0 saturated heterocycles. The Balaban J connectivity index is 2.88. The molecule has 1 amide bonds. The maximum atomic E-state index is 11.9. The van der Waals surface area contributed by atoms with Crippen molar-refractivity contribution in [3.05, 3.63) is 28.2 Å². The number of benzene rings is 1. The highest BCUT2D eigenvalue weighted by molar-refractivity contribution is 9.10. The number of nitriles is 1. The van der Waals surface area contributed by atoms with Gasteiger partial charge in [-0.05, 0) is 46.5 Å². The lowest BCUT2D eigenvalue weighted by atomic mass is 9.96. The summed E-state index contributed by atoms with van der Waals surface area (Å²) in [5.41, 5.74) is 1.76. The SMILES string of the molecule is Cc1ccc(Br)c(NC(=O)C(C#N)C(C)C)c1. The second-order valence-electron chi connectivity index (χ2n) is 4.32. The summed E-state index contributed by atoms with van der Waals surface area (Å²) in [6.07, 6.45) is 0. The van der Waals surface area contributed by atoms with Crippen molar-refractivity contribution in [1.82, 2.24) is 0 Å². The number of carbonyl (C=O) groups is 1. The summed E-state index contributed by atoms with van der Waals surface area (Å²) >= 11 is 3.37. The predicted molar refractivity (Wildman–Crippen MR) is 71.4 cm³/mol. The highest BCUT2D eigenvalue weighted by Crippen LogP contribution is 2.24. The molecule has 1 aromatic carbocycles. The van der Waals surface area contributed by atoms with E-state index in [1.54, 1.807) is 0 Å². The lowest BCUT2D eigenvalue weighted by Gasteiger charge is -2.14. The molecule has 1 N–H and O–H groups in total. The molecule has 0 aliphatic carbocycles. The third-order valence-corrected chi connectivity index (χ3v) is 3.16. The van der Waals surface area contributed by atoms with Crippen molar-refractivity contribution in [2.75, 3.05) is 5.32 Å². The number of nitrogens with zero attached hydrogens (tertiary/aromatic N) is 1. The van der Waals surface area contributed by atoms with Gasteiger partial charge in [-0.3, -0.25) is 4.79 Å². The molecule has 4 heteroatoms. The van der Waals surface area contributed by atoms with Gasteiger partial charge in [0.05, 0.1) is 11.8 Å². The predicted octanol–water partition coefficient (Wildman–Crippen LogP) is 3.49. The number of hydrogen-bond donors (Lipinski definition) is 1. The van der Waals surface area contributed by atoms with Gasteiger partial charge in [0.25, 0.3) is 0 Å². The fourth-order valence-corrected chi connectivity index (χ4v) is 1.80. The lowest BCUT2D eigenvalue weighted by Crippen LogP contribution is -2.25. The topological polar surface area (TPSA) is 52.9 Å². The molecule has 1 rings (SSSR count). The summed E-state index contributed by atoms with van der Waals surface area (Å²) in [6.45, 7) is 5.67. The minimum Gasteiger partial charge on any atom is -0.324 e. The zero-order chi connectivity index (χ0) is 13.0. The minimum atomic E-state index is -0.623. The molecule has 90 valence electrons. The van der Waals surface area contributed by atoms with Crippen molar-refractivity contribution in [2.45, 2.75) is 20.8 Å². The first-order valence-electron chi connectivity index (χ1n) is 5.42. The van der Waals surface area contributed by atoms with Gasteiger partial charge >= 0.3 is 0 Å². The molecule has 0 spiro atoms. The van der Waals surface area contributed by atoms with Crippen LogP contribution in [0, 0.1) is 30.1 Å². The number of aryl methyl sites for hydroxylation is 1. The first-order valence-corrected chi connectivity index (χ1v) is 6.21. The van der Waals surface area contributed by atoms with Crippen molar-refractivity contribution in [3.8, 4) is 6.07 Å². The van der Waals surface area contributed by atoms with Crippen LogP contribution in [0.4, 0.5) is 5.69 Å². The molecule has 0 saturated carbocycles. The number of halogens is 1. The van der Waals surface area contributed by atoms with Gasteiger partial charge in [0.2, 0.25) is 5.91 Å². The molecule has 1 atom stereocenters. The summed E-state index contributed by atoms with van der Waals surface area (Å²) < 4.78 is 0.817. The Morgan fingerprint density at radius 1 is 1.47 bits per heavy atom. The van der Waals surface area contributed by atoms with E-state index < -0.39 is 5.92 Å². The van der Waals surface area contributed by atoms with Gasteiger partial charge in [-0.25, -0.2) is 0 Å². The molecule has 17 heavy (non-hydrogen) atoms. The first-order chi connectivity index (χ1) is 7.95. The molecule has 0 aliphatic heterocycles. The number of amides is 1. The Labute approximate surface area is 110 Å². The summed E-state index contributed by atoms with van der Waals surface area (Å²) in [5, 5.41) is 11.7. The summed E-state index contributed by atoms with van der Waals surface area (Å²) in [5.74, 6) is -0.875. The molecule has 0 radical (unpaired) electrons. The van der Waals surface area contributed by atoms with Gasteiger partial charge in [-0.15, -0.1) is 0 Å². The third kappa shape index (κ3) is 3.57. The highest BCUT2D eigenvalue weighted by atomic mass is 79.9. The second-order valence-corrected chi connectivity index (χ2v) is 5.18. The van der Waals surface area contributed by atoms with Crippen molar-refractivity contribution in [1.29, 1.82) is 5.26 Å². The van der Waals surface area contributed by atoms with Crippen molar-refractivity contribution in [2.24, 2.45) is 11.8 Å². The number of carbonyl (C=O) groups excluding carboxylic acids is 1. The van der Waals surface area contributed by atoms with Gasteiger partial charge in [-0.2, -0.15) is 5.26 Å². The maximum absolute atomic E-state index is 11.9. The van der Waals surface area contributed by atoms with Crippen molar-refractivity contribution < 1.29 is 4.79 Å². The van der Waals surface area contributed by atoms with Gasteiger partial charge in [0.15, 0.2) is 0 Å². The Hall–Kier alpha value is -1.34. The Morgan fingerprint density at radius 3 is 2.65 bits per heavy atom. The van der Waals surface area contributed by atoms with Gasteiger partial charge in [0, 0.05) is 4.47 Å². The molecule has 1 aromatic rings. The van der Waals surface area contributed by atoms with E-state index in [1.165, 1.54) is 0 Å². The van der Waals surface area contributed by atoms with Crippen LogP contribution in [0.25, 0.3) is 0 Å². The van der Waals surface area contributed by atoms with E-state index in [2.05, 4.69) is 21.2 Å². The van der Waals surface area contributed by atoms with E-state index in [-0.39, 0.29) is 11.8 Å². The Kier molecular flexibility index (Phi) is 4.71. The molecule has 0 bridgehead atoms. The molecular formula is C13H15BrN2O. The minimum absolute atomic E-state index is 0.00332. The van der Waals surface area contributed by atoms with Crippen LogP contribution in [-0.2, 0) is 4.79 Å². The van der Waals surface area contributed by atoms with Crippen LogP contribution in [-0.4, -0.2) is 5.91 Å². The average molecular weight is 295 g/mol. The van der Waals surface area contributed by atoms with Gasteiger partial charge < -0.3 is 5.32 Å². The number of hydrogen-bond acceptors (Lipinski definition) is 2. The van der Waals surface area contributed by atoms with Crippen LogP contribution >= 0.6 is 15.9 Å². The third-order valence-electron chi connectivity index (χ3n) is 2.47.